The molecule has 0 aromatic heterocycles. The molecule has 3 nitrogen and oxygen atoms in total. The van der Waals surface area contributed by atoms with Crippen LogP contribution < -0.4 is 5.73 Å². The van der Waals surface area contributed by atoms with Crippen molar-refractivity contribution in [3.63, 3.8) is 0 Å². The standard InChI is InChI=1S/C12H18N2O/c1-3-12(15)14(2)9-11-7-5-4-6-10(11)8-13/h4-7H,3,8-9,13H2,1-2H3. The Morgan fingerprint density at radius 1 is 1.33 bits per heavy atom. The summed E-state index contributed by atoms with van der Waals surface area (Å²) in [6, 6.07) is 7.95. The quantitative estimate of drug-likeness (QED) is 0.811. The van der Waals surface area contributed by atoms with E-state index in [0.29, 0.717) is 19.5 Å². The molecule has 0 fully saturated rings. The molecule has 0 saturated carbocycles. The number of carbonyl (C=O) groups is 1. The third-order valence-corrected chi connectivity index (χ3v) is 2.47. The summed E-state index contributed by atoms with van der Waals surface area (Å²) in [5, 5.41) is 0. The third-order valence-electron chi connectivity index (χ3n) is 2.47. The lowest BCUT2D eigenvalue weighted by molar-refractivity contribution is -0.130. The molecule has 1 amide bonds. The molecule has 0 radical (unpaired) electrons. The Morgan fingerprint density at radius 2 is 1.93 bits per heavy atom. The van der Waals surface area contributed by atoms with Gasteiger partial charge in [-0.2, -0.15) is 0 Å². The minimum atomic E-state index is 0.154. The summed E-state index contributed by atoms with van der Waals surface area (Å²) in [6.45, 7) is 3.03. The molecule has 0 aliphatic carbocycles. The SMILES string of the molecule is CCC(=O)N(C)Cc1ccccc1CN. The highest BCUT2D eigenvalue weighted by Gasteiger charge is 2.08. The highest BCUT2D eigenvalue weighted by Crippen LogP contribution is 2.10. The van der Waals surface area contributed by atoms with Crippen LogP contribution in [0.5, 0.6) is 0 Å². The summed E-state index contributed by atoms with van der Waals surface area (Å²) >= 11 is 0. The Hall–Kier alpha value is -1.35. The minimum absolute atomic E-state index is 0.154. The fraction of sp³-hybridized carbons (Fsp3) is 0.417. The van der Waals surface area contributed by atoms with Gasteiger partial charge in [0.25, 0.3) is 0 Å². The van der Waals surface area contributed by atoms with Crippen molar-refractivity contribution >= 4 is 5.91 Å². The number of nitrogens with two attached hydrogens (primary N) is 1. The number of rotatable bonds is 4. The van der Waals surface area contributed by atoms with Crippen LogP contribution in [0.2, 0.25) is 0 Å². The lowest BCUT2D eigenvalue weighted by atomic mass is 10.1. The normalized spacial score (nSPS) is 10.1. The van der Waals surface area contributed by atoms with E-state index in [1.807, 2.05) is 38.2 Å². The summed E-state index contributed by atoms with van der Waals surface area (Å²) < 4.78 is 0. The van der Waals surface area contributed by atoms with E-state index in [9.17, 15) is 4.79 Å². The van der Waals surface area contributed by atoms with Crippen molar-refractivity contribution in [2.45, 2.75) is 26.4 Å². The van der Waals surface area contributed by atoms with E-state index in [2.05, 4.69) is 0 Å². The molecule has 0 atom stereocenters. The van der Waals surface area contributed by atoms with E-state index in [4.69, 9.17) is 5.73 Å². The first-order valence-corrected chi connectivity index (χ1v) is 5.19. The van der Waals surface area contributed by atoms with Crippen molar-refractivity contribution in [2.75, 3.05) is 7.05 Å². The Kier molecular flexibility index (Phi) is 4.31. The number of hydrogen-bond donors (Lipinski definition) is 1. The number of amides is 1. The molecule has 1 aromatic carbocycles. The molecule has 0 saturated heterocycles. The Bertz CT molecular complexity index is 336. The van der Waals surface area contributed by atoms with Gasteiger partial charge in [-0.15, -0.1) is 0 Å². The van der Waals surface area contributed by atoms with Gasteiger partial charge in [0.2, 0.25) is 5.91 Å². The van der Waals surface area contributed by atoms with Crippen LogP contribution in [0, 0.1) is 0 Å². The van der Waals surface area contributed by atoms with E-state index in [1.165, 1.54) is 0 Å². The van der Waals surface area contributed by atoms with Gasteiger partial charge in [0.05, 0.1) is 0 Å². The predicted molar refractivity (Wildman–Crippen MR) is 61.1 cm³/mol. The predicted octanol–water partition coefficient (Wildman–Crippen LogP) is 1.51. The Morgan fingerprint density at radius 3 is 2.47 bits per heavy atom. The van der Waals surface area contributed by atoms with Crippen molar-refractivity contribution < 1.29 is 4.79 Å². The van der Waals surface area contributed by atoms with Gasteiger partial charge in [0.1, 0.15) is 0 Å². The van der Waals surface area contributed by atoms with Gasteiger partial charge in [0, 0.05) is 26.6 Å². The van der Waals surface area contributed by atoms with Crippen molar-refractivity contribution in [1.29, 1.82) is 0 Å². The van der Waals surface area contributed by atoms with Gasteiger partial charge in [-0.3, -0.25) is 4.79 Å². The van der Waals surface area contributed by atoms with Gasteiger partial charge in [-0.05, 0) is 11.1 Å². The zero-order chi connectivity index (χ0) is 11.3. The molecule has 0 spiro atoms. The van der Waals surface area contributed by atoms with Crippen LogP contribution in [-0.4, -0.2) is 17.9 Å². The van der Waals surface area contributed by atoms with Crippen LogP contribution in [0.3, 0.4) is 0 Å². The van der Waals surface area contributed by atoms with Gasteiger partial charge < -0.3 is 10.6 Å². The molecule has 0 unspecified atom stereocenters. The maximum absolute atomic E-state index is 11.4. The molecule has 0 bridgehead atoms. The number of carbonyl (C=O) groups excluding carboxylic acids is 1. The zero-order valence-electron chi connectivity index (χ0n) is 9.36. The molecule has 0 aliphatic rings. The molecule has 0 aliphatic heterocycles. The highest BCUT2D eigenvalue weighted by molar-refractivity contribution is 5.75. The zero-order valence-corrected chi connectivity index (χ0v) is 9.36. The van der Waals surface area contributed by atoms with E-state index in [0.717, 1.165) is 11.1 Å². The third kappa shape index (κ3) is 3.06. The maximum Gasteiger partial charge on any atom is 0.222 e. The van der Waals surface area contributed by atoms with Gasteiger partial charge in [-0.25, -0.2) is 0 Å². The summed E-state index contributed by atoms with van der Waals surface area (Å²) in [5.74, 6) is 0.154. The average Bonchev–Trinajstić information content (AvgIpc) is 2.28. The molecular formula is C12H18N2O. The topological polar surface area (TPSA) is 46.3 Å². The number of nitrogens with zero attached hydrogens (tertiary/aromatic N) is 1. The fourth-order valence-electron chi connectivity index (χ4n) is 1.52. The van der Waals surface area contributed by atoms with Crippen LogP contribution in [0.15, 0.2) is 24.3 Å². The van der Waals surface area contributed by atoms with Crippen LogP contribution in [0.25, 0.3) is 0 Å². The van der Waals surface area contributed by atoms with Crippen LogP contribution >= 0.6 is 0 Å². The van der Waals surface area contributed by atoms with Gasteiger partial charge in [0.15, 0.2) is 0 Å². The van der Waals surface area contributed by atoms with Gasteiger partial charge >= 0.3 is 0 Å². The van der Waals surface area contributed by atoms with Gasteiger partial charge in [-0.1, -0.05) is 31.2 Å². The first kappa shape index (κ1) is 11.7. The first-order valence-electron chi connectivity index (χ1n) is 5.19. The highest BCUT2D eigenvalue weighted by atomic mass is 16.2. The lowest BCUT2D eigenvalue weighted by Crippen LogP contribution is -2.25. The van der Waals surface area contributed by atoms with E-state index in [1.54, 1.807) is 4.90 Å². The molecule has 1 rings (SSSR count). The number of benzene rings is 1. The average molecular weight is 206 g/mol. The van der Waals surface area contributed by atoms with Crippen molar-refractivity contribution in [3.05, 3.63) is 35.4 Å². The van der Waals surface area contributed by atoms with E-state index in [-0.39, 0.29) is 5.91 Å². The molecular weight excluding hydrogens is 188 g/mol. The second-order valence-electron chi connectivity index (χ2n) is 3.58. The second kappa shape index (κ2) is 5.51. The number of hydrogen-bond acceptors (Lipinski definition) is 2. The maximum atomic E-state index is 11.4. The fourth-order valence-corrected chi connectivity index (χ4v) is 1.52. The van der Waals surface area contributed by atoms with Crippen molar-refractivity contribution in [3.8, 4) is 0 Å². The summed E-state index contributed by atoms with van der Waals surface area (Å²) in [7, 11) is 1.82. The Balaban J connectivity index is 2.75. The first-order chi connectivity index (χ1) is 7.19. The van der Waals surface area contributed by atoms with E-state index >= 15 is 0 Å². The molecule has 82 valence electrons. The smallest absolute Gasteiger partial charge is 0.222 e. The second-order valence-corrected chi connectivity index (χ2v) is 3.58. The minimum Gasteiger partial charge on any atom is -0.341 e. The largest absolute Gasteiger partial charge is 0.341 e. The molecule has 1 aromatic rings. The molecule has 3 heteroatoms. The summed E-state index contributed by atoms with van der Waals surface area (Å²) in [6.07, 6.45) is 0.543. The van der Waals surface area contributed by atoms with Crippen LogP contribution in [0.1, 0.15) is 24.5 Å². The lowest BCUT2D eigenvalue weighted by Gasteiger charge is -2.18. The van der Waals surface area contributed by atoms with Crippen LogP contribution in [0.4, 0.5) is 0 Å². The Labute approximate surface area is 90.9 Å². The monoisotopic (exact) mass is 206 g/mol. The summed E-state index contributed by atoms with van der Waals surface area (Å²) in [4.78, 5) is 13.1. The molecule has 0 heterocycles. The van der Waals surface area contributed by atoms with Crippen molar-refractivity contribution in [2.24, 2.45) is 5.73 Å². The van der Waals surface area contributed by atoms with E-state index < -0.39 is 0 Å². The van der Waals surface area contributed by atoms with Crippen LogP contribution in [-0.2, 0) is 17.9 Å². The van der Waals surface area contributed by atoms with Crippen molar-refractivity contribution in [1.82, 2.24) is 4.90 Å². The summed E-state index contributed by atoms with van der Waals surface area (Å²) in [5.41, 5.74) is 7.87. The molecule has 2 N–H and O–H groups in total. The molecule has 15 heavy (non-hydrogen) atoms.